The van der Waals surface area contributed by atoms with Crippen molar-refractivity contribution in [3.05, 3.63) is 106 Å². The van der Waals surface area contributed by atoms with E-state index in [0.717, 1.165) is 11.6 Å². The molecule has 0 aromatic heterocycles. The van der Waals surface area contributed by atoms with Crippen LogP contribution < -0.4 is 0 Å². The van der Waals surface area contributed by atoms with Gasteiger partial charge in [0.05, 0.1) is 5.56 Å². The molecule has 7 heteroatoms. The number of benzene rings is 3. The van der Waals surface area contributed by atoms with Crippen LogP contribution in [0.15, 0.2) is 72.8 Å². The molecule has 1 aliphatic heterocycles. The molecule has 2 atom stereocenters. The summed E-state index contributed by atoms with van der Waals surface area (Å²) in [5, 5.41) is 0. The van der Waals surface area contributed by atoms with Gasteiger partial charge in [-0.2, -0.15) is 13.2 Å². The van der Waals surface area contributed by atoms with Crippen molar-refractivity contribution in [2.75, 3.05) is 26.2 Å². The van der Waals surface area contributed by atoms with Gasteiger partial charge in [-0.15, -0.1) is 0 Å². The van der Waals surface area contributed by atoms with Crippen LogP contribution in [0, 0.1) is 24.6 Å². The molecule has 3 nitrogen and oxygen atoms in total. The van der Waals surface area contributed by atoms with Gasteiger partial charge in [0.15, 0.2) is 0 Å². The Bertz CT molecular complexity index is 1220. The largest absolute Gasteiger partial charge is 0.416 e. The molecule has 0 radical (unpaired) electrons. The first kappa shape index (κ1) is 27.8. The minimum Gasteiger partial charge on any atom is -0.338 e. The summed E-state index contributed by atoms with van der Waals surface area (Å²) >= 11 is 0. The second-order valence-electron chi connectivity index (χ2n) is 10.8. The molecule has 3 aromatic carbocycles. The van der Waals surface area contributed by atoms with Gasteiger partial charge in [-0.05, 0) is 60.2 Å². The van der Waals surface area contributed by atoms with Gasteiger partial charge in [0.2, 0.25) is 0 Å². The number of hydrogen-bond donors (Lipinski definition) is 0. The average molecular weight is 527 g/mol. The number of carbonyl (C=O) groups excluding carboxylic acids is 1. The van der Waals surface area contributed by atoms with Crippen molar-refractivity contribution in [1.82, 2.24) is 9.80 Å². The Balaban J connectivity index is 1.63. The highest BCUT2D eigenvalue weighted by Gasteiger charge is 2.38. The highest BCUT2D eigenvalue weighted by atomic mass is 19.4. The fourth-order valence-corrected chi connectivity index (χ4v) is 5.29. The normalized spacial score (nSPS) is 18.2. The fraction of sp³-hybridized carbons (Fsp3) is 0.387. The third-order valence-corrected chi connectivity index (χ3v) is 7.10. The molecule has 1 aliphatic rings. The highest BCUT2D eigenvalue weighted by Crippen LogP contribution is 2.37. The molecule has 1 saturated heterocycles. The summed E-state index contributed by atoms with van der Waals surface area (Å²) in [6.07, 6.45) is -4.42. The van der Waals surface area contributed by atoms with Crippen LogP contribution in [0.25, 0.3) is 0 Å². The zero-order chi connectivity index (χ0) is 27.4. The van der Waals surface area contributed by atoms with Crippen LogP contribution >= 0.6 is 0 Å². The van der Waals surface area contributed by atoms with Crippen LogP contribution in [-0.2, 0) is 12.7 Å². The number of amides is 1. The Hall–Kier alpha value is -3.19. The molecule has 202 valence electrons. The van der Waals surface area contributed by atoms with Crippen molar-refractivity contribution in [2.24, 2.45) is 11.8 Å². The Labute approximate surface area is 222 Å². The number of halogens is 4. The van der Waals surface area contributed by atoms with Gasteiger partial charge >= 0.3 is 6.18 Å². The number of aryl methyl sites for hydroxylation is 1. The topological polar surface area (TPSA) is 23.6 Å². The van der Waals surface area contributed by atoms with E-state index in [9.17, 15) is 22.4 Å². The molecule has 38 heavy (non-hydrogen) atoms. The molecular formula is C31H34F4N2O. The predicted octanol–water partition coefficient (Wildman–Crippen LogP) is 7.17. The van der Waals surface area contributed by atoms with Crippen molar-refractivity contribution in [1.29, 1.82) is 0 Å². The molecule has 1 heterocycles. The van der Waals surface area contributed by atoms with Crippen LogP contribution in [0.3, 0.4) is 0 Å². The summed E-state index contributed by atoms with van der Waals surface area (Å²) in [5.74, 6) is -0.649. The van der Waals surface area contributed by atoms with Gasteiger partial charge in [-0.25, -0.2) is 4.39 Å². The monoisotopic (exact) mass is 526 g/mol. The first-order chi connectivity index (χ1) is 18.0. The van der Waals surface area contributed by atoms with Crippen LogP contribution in [0.4, 0.5) is 17.6 Å². The standard InChI is InChI=1S/C31H34F4N2O/c1-21(2)16-37(30(38)24-11-13-28(32)14-12-24)19-26-18-36(17-23-9-7-22(3)8-10-23)20-29(26)25-5-4-6-27(15-25)31(33,34)35/h4-15,21,26,29H,16-20H2,1-3H3/t26-,29-/m1/s1. The molecule has 0 bridgehead atoms. The van der Waals surface area contributed by atoms with Gasteiger partial charge in [0.25, 0.3) is 5.91 Å². The second-order valence-corrected chi connectivity index (χ2v) is 10.8. The number of hydrogen-bond acceptors (Lipinski definition) is 2. The minimum atomic E-state index is -4.42. The van der Waals surface area contributed by atoms with Gasteiger partial charge < -0.3 is 4.90 Å². The van der Waals surface area contributed by atoms with Crippen molar-refractivity contribution < 1.29 is 22.4 Å². The van der Waals surface area contributed by atoms with E-state index in [0.29, 0.717) is 43.9 Å². The van der Waals surface area contributed by atoms with E-state index in [4.69, 9.17) is 0 Å². The molecule has 0 spiro atoms. The maximum absolute atomic E-state index is 13.5. The van der Waals surface area contributed by atoms with E-state index in [1.165, 1.54) is 42.0 Å². The summed E-state index contributed by atoms with van der Waals surface area (Å²) in [6.45, 7) is 8.91. The summed E-state index contributed by atoms with van der Waals surface area (Å²) < 4.78 is 54.1. The summed E-state index contributed by atoms with van der Waals surface area (Å²) in [6, 6.07) is 19.3. The summed E-state index contributed by atoms with van der Waals surface area (Å²) in [4.78, 5) is 17.5. The number of nitrogens with zero attached hydrogens (tertiary/aromatic N) is 2. The first-order valence-electron chi connectivity index (χ1n) is 13.0. The van der Waals surface area contributed by atoms with Gasteiger partial charge in [-0.3, -0.25) is 9.69 Å². The van der Waals surface area contributed by atoms with Crippen LogP contribution in [-0.4, -0.2) is 41.9 Å². The first-order valence-corrected chi connectivity index (χ1v) is 13.0. The van der Waals surface area contributed by atoms with E-state index in [-0.39, 0.29) is 23.7 Å². The zero-order valence-electron chi connectivity index (χ0n) is 22.0. The van der Waals surface area contributed by atoms with Gasteiger partial charge in [0, 0.05) is 44.2 Å². The second kappa shape index (κ2) is 11.7. The molecule has 0 aliphatic carbocycles. The smallest absolute Gasteiger partial charge is 0.338 e. The predicted molar refractivity (Wildman–Crippen MR) is 141 cm³/mol. The molecule has 4 rings (SSSR count). The molecule has 0 unspecified atom stereocenters. The lowest BCUT2D eigenvalue weighted by molar-refractivity contribution is -0.137. The van der Waals surface area contributed by atoms with E-state index in [1.54, 1.807) is 11.0 Å². The van der Waals surface area contributed by atoms with Gasteiger partial charge in [-0.1, -0.05) is 61.9 Å². The van der Waals surface area contributed by atoms with E-state index in [2.05, 4.69) is 29.2 Å². The number of rotatable bonds is 8. The van der Waals surface area contributed by atoms with Crippen LogP contribution in [0.1, 0.15) is 52.4 Å². The molecule has 1 amide bonds. The lowest BCUT2D eigenvalue weighted by Crippen LogP contribution is -2.39. The molecule has 1 fully saturated rings. The summed E-state index contributed by atoms with van der Waals surface area (Å²) in [7, 11) is 0. The van der Waals surface area contributed by atoms with Crippen molar-refractivity contribution in [3.63, 3.8) is 0 Å². The van der Waals surface area contributed by atoms with Crippen LogP contribution in [0.2, 0.25) is 0 Å². The van der Waals surface area contributed by atoms with E-state index >= 15 is 0 Å². The Morgan fingerprint density at radius 1 is 1.00 bits per heavy atom. The highest BCUT2D eigenvalue weighted by molar-refractivity contribution is 5.94. The van der Waals surface area contributed by atoms with E-state index < -0.39 is 17.6 Å². The minimum absolute atomic E-state index is 0.0629. The number of carbonyl (C=O) groups is 1. The third-order valence-electron chi connectivity index (χ3n) is 7.10. The molecule has 0 N–H and O–H groups in total. The SMILES string of the molecule is Cc1ccc(CN2C[C@H](CN(CC(C)C)C(=O)c3ccc(F)cc3)[C@@H](c3cccc(C(F)(F)F)c3)C2)cc1. The number of likely N-dealkylation sites (tertiary alicyclic amines) is 1. The fourth-order valence-electron chi connectivity index (χ4n) is 5.29. The Kier molecular flexibility index (Phi) is 8.56. The van der Waals surface area contributed by atoms with Crippen molar-refractivity contribution in [2.45, 2.75) is 39.4 Å². The zero-order valence-corrected chi connectivity index (χ0v) is 22.0. The molecular weight excluding hydrogens is 492 g/mol. The van der Waals surface area contributed by atoms with Crippen LogP contribution in [0.5, 0.6) is 0 Å². The molecule has 3 aromatic rings. The lowest BCUT2D eigenvalue weighted by Gasteiger charge is -2.30. The third kappa shape index (κ3) is 7.01. The molecule has 0 saturated carbocycles. The Morgan fingerprint density at radius 3 is 2.32 bits per heavy atom. The maximum atomic E-state index is 13.5. The van der Waals surface area contributed by atoms with Gasteiger partial charge in [0.1, 0.15) is 5.82 Å². The van der Waals surface area contributed by atoms with Crippen molar-refractivity contribution >= 4 is 5.91 Å². The number of alkyl halides is 3. The average Bonchev–Trinajstić information content (AvgIpc) is 3.26. The maximum Gasteiger partial charge on any atom is 0.416 e. The quantitative estimate of drug-likeness (QED) is 0.291. The lowest BCUT2D eigenvalue weighted by atomic mass is 9.87. The van der Waals surface area contributed by atoms with E-state index in [1.807, 2.05) is 20.8 Å². The Morgan fingerprint density at radius 2 is 1.68 bits per heavy atom. The summed E-state index contributed by atoms with van der Waals surface area (Å²) in [5.41, 5.74) is 2.68. The van der Waals surface area contributed by atoms with Crippen molar-refractivity contribution in [3.8, 4) is 0 Å².